The summed E-state index contributed by atoms with van der Waals surface area (Å²) in [5.41, 5.74) is 3.23. The number of amides is 2. The number of benzene rings is 3. The molecule has 0 aliphatic heterocycles. The van der Waals surface area contributed by atoms with Gasteiger partial charge >= 0.3 is 6.03 Å². The first-order chi connectivity index (χ1) is 17.3. The van der Waals surface area contributed by atoms with Gasteiger partial charge in [-0.15, -0.1) is 10.2 Å². The molecule has 0 atom stereocenters. The Kier molecular flexibility index (Phi) is 8.09. The molecule has 4 aromatic rings. The summed E-state index contributed by atoms with van der Waals surface area (Å²) in [6.45, 7) is 2.08. The zero-order valence-corrected chi connectivity index (χ0v) is 21.3. The lowest BCUT2D eigenvalue weighted by molar-refractivity contribution is -0.384. The molecule has 9 nitrogen and oxygen atoms in total. The first-order valence-electron chi connectivity index (χ1n) is 10.7. The molecule has 2 amide bonds. The van der Waals surface area contributed by atoms with Crippen molar-refractivity contribution in [2.45, 2.75) is 24.4 Å². The van der Waals surface area contributed by atoms with E-state index < -0.39 is 11.0 Å². The molecule has 0 saturated heterocycles. The van der Waals surface area contributed by atoms with E-state index >= 15 is 0 Å². The fraction of sp³-hybridized carbons (Fsp3) is 0.125. The van der Waals surface area contributed by atoms with Crippen LogP contribution in [0.15, 0.2) is 71.9 Å². The molecule has 2 N–H and O–H groups in total. The highest BCUT2D eigenvalue weighted by atomic mass is 35.5. The third-order valence-corrected chi connectivity index (χ3v) is 6.60. The van der Waals surface area contributed by atoms with Crippen LogP contribution < -0.4 is 10.6 Å². The molecule has 0 aliphatic carbocycles. The van der Waals surface area contributed by atoms with E-state index in [9.17, 15) is 14.9 Å². The number of hydrogen-bond donors (Lipinski definition) is 2. The van der Waals surface area contributed by atoms with Crippen LogP contribution in [0.2, 0.25) is 10.0 Å². The number of carbonyl (C=O) groups is 1. The third-order valence-electron chi connectivity index (χ3n) is 5.04. The normalized spacial score (nSPS) is 10.8. The van der Waals surface area contributed by atoms with E-state index in [0.717, 1.165) is 11.1 Å². The Bertz CT molecular complexity index is 1410. The highest BCUT2D eigenvalue weighted by Crippen LogP contribution is 2.31. The van der Waals surface area contributed by atoms with Crippen LogP contribution in [-0.2, 0) is 12.3 Å². The minimum absolute atomic E-state index is 0.0413. The highest BCUT2D eigenvalue weighted by molar-refractivity contribution is 7.98. The molecule has 0 fully saturated rings. The predicted molar refractivity (Wildman–Crippen MR) is 141 cm³/mol. The zero-order chi connectivity index (χ0) is 25.7. The minimum atomic E-state index is -0.510. The molecule has 0 spiro atoms. The van der Waals surface area contributed by atoms with Crippen molar-refractivity contribution in [1.82, 2.24) is 20.1 Å². The fourth-order valence-corrected chi connectivity index (χ4v) is 4.63. The third kappa shape index (κ3) is 6.34. The summed E-state index contributed by atoms with van der Waals surface area (Å²) in [6, 6.07) is 18.3. The molecule has 4 rings (SSSR count). The van der Waals surface area contributed by atoms with E-state index in [1.54, 1.807) is 22.8 Å². The van der Waals surface area contributed by atoms with E-state index in [1.807, 2.05) is 25.1 Å². The van der Waals surface area contributed by atoms with Crippen molar-refractivity contribution in [3.05, 3.63) is 104 Å². The van der Waals surface area contributed by atoms with Crippen molar-refractivity contribution in [2.24, 2.45) is 0 Å². The number of halogens is 2. The number of nitro benzene ring substituents is 1. The molecule has 1 aromatic heterocycles. The minimum Gasteiger partial charge on any atom is -0.331 e. The van der Waals surface area contributed by atoms with Gasteiger partial charge in [-0.3, -0.25) is 14.7 Å². The molecule has 0 aliphatic rings. The van der Waals surface area contributed by atoms with Crippen molar-refractivity contribution in [1.29, 1.82) is 0 Å². The summed E-state index contributed by atoms with van der Waals surface area (Å²) in [7, 11) is 0. The molecular weight excluding hydrogens is 523 g/mol. The Morgan fingerprint density at radius 3 is 2.58 bits per heavy atom. The van der Waals surface area contributed by atoms with Crippen LogP contribution in [-0.4, -0.2) is 25.7 Å². The molecule has 1 heterocycles. The van der Waals surface area contributed by atoms with E-state index in [2.05, 4.69) is 26.9 Å². The summed E-state index contributed by atoms with van der Waals surface area (Å²) in [5.74, 6) is 1.11. The van der Waals surface area contributed by atoms with Crippen LogP contribution in [0.5, 0.6) is 0 Å². The van der Waals surface area contributed by atoms with Crippen LogP contribution in [0.3, 0.4) is 0 Å². The quantitative estimate of drug-likeness (QED) is 0.151. The number of carbonyl (C=O) groups excluding carboxylic acids is 1. The lowest BCUT2D eigenvalue weighted by atomic mass is 10.2. The first-order valence-corrected chi connectivity index (χ1v) is 12.4. The molecule has 0 unspecified atom stereocenters. The largest absolute Gasteiger partial charge is 0.331 e. The highest BCUT2D eigenvalue weighted by Gasteiger charge is 2.18. The summed E-state index contributed by atoms with van der Waals surface area (Å²) in [5, 5.41) is 26.3. The number of urea groups is 1. The second-order valence-electron chi connectivity index (χ2n) is 7.72. The van der Waals surface area contributed by atoms with Gasteiger partial charge in [0.15, 0.2) is 11.0 Å². The van der Waals surface area contributed by atoms with Crippen molar-refractivity contribution < 1.29 is 9.72 Å². The van der Waals surface area contributed by atoms with Gasteiger partial charge in [-0.25, -0.2) is 4.79 Å². The summed E-state index contributed by atoms with van der Waals surface area (Å²) >= 11 is 14.2. The SMILES string of the molecule is Cc1cccc(CSc2nnc(CNC(=O)Nc3ccc([N+](=O)[O-])cc3)n2-c2cc(Cl)ccc2Cl)c1. The van der Waals surface area contributed by atoms with Crippen LogP contribution in [0.4, 0.5) is 16.2 Å². The molecule has 12 heteroatoms. The summed E-state index contributed by atoms with van der Waals surface area (Å²) in [4.78, 5) is 22.8. The van der Waals surface area contributed by atoms with Crippen LogP contribution >= 0.6 is 35.0 Å². The number of hydrogen-bond acceptors (Lipinski definition) is 6. The topological polar surface area (TPSA) is 115 Å². The van der Waals surface area contributed by atoms with Crippen molar-refractivity contribution in [3.63, 3.8) is 0 Å². The Morgan fingerprint density at radius 2 is 1.86 bits per heavy atom. The van der Waals surface area contributed by atoms with Crippen LogP contribution in [0.25, 0.3) is 5.69 Å². The monoisotopic (exact) mass is 542 g/mol. The van der Waals surface area contributed by atoms with E-state index in [0.29, 0.717) is 38.2 Å². The second kappa shape index (κ2) is 11.4. The summed E-state index contributed by atoms with van der Waals surface area (Å²) in [6.07, 6.45) is 0. The van der Waals surface area contributed by atoms with E-state index in [4.69, 9.17) is 23.2 Å². The van der Waals surface area contributed by atoms with Crippen LogP contribution in [0.1, 0.15) is 17.0 Å². The Morgan fingerprint density at radius 1 is 1.08 bits per heavy atom. The maximum absolute atomic E-state index is 12.5. The van der Waals surface area contributed by atoms with Gasteiger partial charge < -0.3 is 10.6 Å². The maximum atomic E-state index is 12.5. The number of thioether (sulfide) groups is 1. The number of nitrogens with one attached hydrogen (secondary N) is 2. The van der Waals surface area contributed by atoms with Crippen molar-refractivity contribution in [3.8, 4) is 5.69 Å². The smallest absolute Gasteiger partial charge is 0.319 e. The molecule has 0 bridgehead atoms. The molecule has 36 heavy (non-hydrogen) atoms. The predicted octanol–water partition coefficient (Wildman–Crippen LogP) is 6.40. The number of nitrogens with zero attached hydrogens (tertiary/aromatic N) is 4. The standard InChI is InChI=1S/C24H20Cl2N6O3S/c1-15-3-2-4-16(11-15)14-36-24-30-29-22(31(24)21-12-17(25)5-10-20(21)26)13-27-23(33)28-18-6-8-19(9-7-18)32(34)35/h2-12H,13-14H2,1H3,(H2,27,28,33). The Labute approximate surface area is 221 Å². The number of rotatable bonds is 8. The van der Waals surface area contributed by atoms with Gasteiger partial charge in [-0.05, 0) is 42.8 Å². The van der Waals surface area contributed by atoms with Gasteiger partial charge in [0.1, 0.15) is 0 Å². The molecule has 3 aromatic carbocycles. The average molecular weight is 543 g/mol. The number of aromatic nitrogens is 3. The number of anilines is 1. The van der Waals surface area contributed by atoms with Gasteiger partial charge in [0.05, 0.1) is 22.2 Å². The number of non-ortho nitro benzene ring substituents is 1. The number of nitro groups is 1. The van der Waals surface area contributed by atoms with Gasteiger partial charge in [-0.1, -0.05) is 64.8 Å². The lowest BCUT2D eigenvalue weighted by Crippen LogP contribution is -2.29. The van der Waals surface area contributed by atoms with E-state index in [-0.39, 0.29) is 12.2 Å². The molecular formula is C24H20Cl2N6O3S. The zero-order valence-electron chi connectivity index (χ0n) is 18.9. The van der Waals surface area contributed by atoms with Crippen LogP contribution in [0, 0.1) is 17.0 Å². The lowest BCUT2D eigenvalue weighted by Gasteiger charge is -2.13. The first kappa shape index (κ1) is 25.5. The Hall–Kier alpha value is -3.60. The molecule has 0 saturated carbocycles. The van der Waals surface area contributed by atoms with Gasteiger partial charge in [0.25, 0.3) is 5.69 Å². The van der Waals surface area contributed by atoms with Gasteiger partial charge in [-0.2, -0.15) is 0 Å². The Balaban J connectivity index is 1.53. The maximum Gasteiger partial charge on any atom is 0.319 e. The van der Waals surface area contributed by atoms with E-state index in [1.165, 1.54) is 36.0 Å². The molecule has 184 valence electrons. The number of aryl methyl sites for hydroxylation is 1. The van der Waals surface area contributed by atoms with Crippen molar-refractivity contribution >= 4 is 52.4 Å². The van der Waals surface area contributed by atoms with Crippen molar-refractivity contribution in [2.75, 3.05) is 5.32 Å². The summed E-state index contributed by atoms with van der Waals surface area (Å²) < 4.78 is 1.76. The molecule has 0 radical (unpaired) electrons. The fourth-order valence-electron chi connectivity index (χ4n) is 3.36. The van der Waals surface area contributed by atoms with Gasteiger partial charge in [0.2, 0.25) is 0 Å². The van der Waals surface area contributed by atoms with Gasteiger partial charge in [0, 0.05) is 28.6 Å². The average Bonchev–Trinajstić information content (AvgIpc) is 3.26. The second-order valence-corrected chi connectivity index (χ2v) is 9.51.